The second-order valence-electron chi connectivity index (χ2n) is 7.12. The number of rotatable bonds is 6. The van der Waals surface area contributed by atoms with E-state index in [0.29, 0.717) is 11.8 Å². The highest BCUT2D eigenvalue weighted by molar-refractivity contribution is 7.99. The molecule has 0 saturated heterocycles. The lowest BCUT2D eigenvalue weighted by Gasteiger charge is -2.08. The summed E-state index contributed by atoms with van der Waals surface area (Å²) >= 11 is 3.64. The van der Waals surface area contributed by atoms with Crippen molar-refractivity contribution in [3.05, 3.63) is 83.9 Å². The standard InChI is InChI=1S/C24H26S2/c1-17(2)19-5-9-21(10-6-19)25-23-13-15-24(16-14-23)26-22-11-7-20(8-12-22)18(3)4/h5-18H,1-4H3. The van der Waals surface area contributed by atoms with Gasteiger partial charge in [0.25, 0.3) is 0 Å². The molecule has 0 bridgehead atoms. The van der Waals surface area contributed by atoms with E-state index in [2.05, 4.69) is 100 Å². The maximum atomic E-state index is 2.23. The molecular formula is C24H26S2. The van der Waals surface area contributed by atoms with Crippen LogP contribution in [-0.4, -0.2) is 0 Å². The van der Waals surface area contributed by atoms with Gasteiger partial charge in [0.15, 0.2) is 0 Å². The highest BCUT2D eigenvalue weighted by atomic mass is 32.2. The van der Waals surface area contributed by atoms with Gasteiger partial charge in [-0.1, -0.05) is 75.5 Å². The van der Waals surface area contributed by atoms with Gasteiger partial charge in [-0.2, -0.15) is 0 Å². The average molecular weight is 379 g/mol. The van der Waals surface area contributed by atoms with E-state index in [4.69, 9.17) is 0 Å². The smallest absolute Gasteiger partial charge is 0.0123 e. The molecule has 0 fully saturated rings. The lowest BCUT2D eigenvalue weighted by Crippen LogP contribution is -1.86. The van der Waals surface area contributed by atoms with Crippen molar-refractivity contribution >= 4 is 23.5 Å². The van der Waals surface area contributed by atoms with Gasteiger partial charge in [-0.05, 0) is 71.5 Å². The second kappa shape index (κ2) is 8.83. The van der Waals surface area contributed by atoms with E-state index in [-0.39, 0.29) is 0 Å². The molecule has 0 aliphatic heterocycles. The number of hydrogen-bond acceptors (Lipinski definition) is 2. The van der Waals surface area contributed by atoms with Crippen molar-refractivity contribution in [1.82, 2.24) is 0 Å². The van der Waals surface area contributed by atoms with E-state index in [0.717, 1.165) is 0 Å². The molecule has 0 saturated carbocycles. The van der Waals surface area contributed by atoms with Crippen molar-refractivity contribution in [1.29, 1.82) is 0 Å². The molecule has 134 valence electrons. The van der Waals surface area contributed by atoms with Crippen molar-refractivity contribution in [2.45, 2.75) is 59.1 Å². The maximum absolute atomic E-state index is 2.23. The van der Waals surface area contributed by atoms with Crippen LogP contribution in [0.3, 0.4) is 0 Å². The first-order valence-electron chi connectivity index (χ1n) is 9.17. The molecule has 0 amide bonds. The minimum atomic E-state index is 0.583. The molecule has 0 atom stereocenters. The van der Waals surface area contributed by atoms with E-state index in [9.17, 15) is 0 Å². The van der Waals surface area contributed by atoms with Crippen LogP contribution in [0.25, 0.3) is 0 Å². The highest BCUT2D eigenvalue weighted by Gasteiger charge is 2.03. The quantitative estimate of drug-likeness (QED) is 0.423. The Morgan fingerprint density at radius 1 is 0.423 bits per heavy atom. The van der Waals surface area contributed by atoms with Crippen LogP contribution in [0.1, 0.15) is 50.7 Å². The normalized spacial score (nSPS) is 11.3. The van der Waals surface area contributed by atoms with Crippen LogP contribution in [0.4, 0.5) is 0 Å². The van der Waals surface area contributed by atoms with E-state index in [1.54, 1.807) is 0 Å². The Bertz CT molecular complexity index is 741. The van der Waals surface area contributed by atoms with Gasteiger partial charge < -0.3 is 0 Å². The molecule has 0 spiro atoms. The van der Waals surface area contributed by atoms with E-state index >= 15 is 0 Å². The zero-order chi connectivity index (χ0) is 18.5. The molecule has 0 aliphatic carbocycles. The summed E-state index contributed by atoms with van der Waals surface area (Å²) in [6, 6.07) is 26.7. The fraction of sp³-hybridized carbons (Fsp3) is 0.250. The Balaban J connectivity index is 1.62. The van der Waals surface area contributed by atoms with Crippen molar-refractivity contribution in [2.75, 3.05) is 0 Å². The third kappa shape index (κ3) is 5.18. The topological polar surface area (TPSA) is 0 Å². The molecule has 0 N–H and O–H groups in total. The Kier molecular flexibility index (Phi) is 6.50. The summed E-state index contributed by atoms with van der Waals surface area (Å²) in [5.41, 5.74) is 2.79. The number of benzene rings is 3. The lowest BCUT2D eigenvalue weighted by molar-refractivity contribution is 0.865. The first-order chi connectivity index (χ1) is 12.5. The van der Waals surface area contributed by atoms with Gasteiger partial charge >= 0.3 is 0 Å². The molecule has 3 aromatic carbocycles. The third-order valence-corrected chi connectivity index (χ3v) is 6.42. The third-order valence-electron chi connectivity index (χ3n) is 4.39. The Labute approximate surface area is 166 Å². The average Bonchev–Trinajstić information content (AvgIpc) is 2.64. The molecule has 0 aliphatic rings. The van der Waals surface area contributed by atoms with Gasteiger partial charge in [-0.25, -0.2) is 0 Å². The monoisotopic (exact) mass is 378 g/mol. The van der Waals surface area contributed by atoms with Crippen LogP contribution in [0.5, 0.6) is 0 Å². The minimum absolute atomic E-state index is 0.583. The summed E-state index contributed by atoms with van der Waals surface area (Å²) in [6.07, 6.45) is 0. The van der Waals surface area contributed by atoms with Crippen molar-refractivity contribution in [3.8, 4) is 0 Å². The minimum Gasteiger partial charge on any atom is -0.0901 e. The zero-order valence-corrected chi connectivity index (χ0v) is 17.5. The first-order valence-corrected chi connectivity index (χ1v) is 10.8. The largest absolute Gasteiger partial charge is 0.0901 e. The molecule has 0 radical (unpaired) electrons. The molecule has 26 heavy (non-hydrogen) atoms. The van der Waals surface area contributed by atoms with Crippen LogP contribution in [0.2, 0.25) is 0 Å². The van der Waals surface area contributed by atoms with Gasteiger partial charge in [0, 0.05) is 19.6 Å². The second-order valence-corrected chi connectivity index (χ2v) is 9.42. The van der Waals surface area contributed by atoms with Crippen LogP contribution in [0.15, 0.2) is 92.4 Å². The van der Waals surface area contributed by atoms with Crippen molar-refractivity contribution in [2.24, 2.45) is 0 Å². The zero-order valence-electron chi connectivity index (χ0n) is 15.9. The molecule has 0 nitrogen and oxygen atoms in total. The summed E-state index contributed by atoms with van der Waals surface area (Å²) in [7, 11) is 0. The molecular weight excluding hydrogens is 352 g/mol. The molecule has 0 aromatic heterocycles. The Morgan fingerprint density at radius 2 is 0.654 bits per heavy atom. The van der Waals surface area contributed by atoms with Crippen LogP contribution < -0.4 is 0 Å². The van der Waals surface area contributed by atoms with Crippen LogP contribution in [-0.2, 0) is 0 Å². The molecule has 0 heterocycles. The van der Waals surface area contributed by atoms with Gasteiger partial charge in [-0.15, -0.1) is 0 Å². The summed E-state index contributed by atoms with van der Waals surface area (Å²) in [5.74, 6) is 1.17. The van der Waals surface area contributed by atoms with Gasteiger partial charge in [0.2, 0.25) is 0 Å². The van der Waals surface area contributed by atoms with Crippen LogP contribution >= 0.6 is 23.5 Å². The fourth-order valence-corrected chi connectivity index (χ4v) is 4.32. The first kappa shape index (κ1) is 19.1. The Morgan fingerprint density at radius 3 is 0.885 bits per heavy atom. The highest BCUT2D eigenvalue weighted by Crippen LogP contribution is 2.33. The van der Waals surface area contributed by atoms with E-state index < -0.39 is 0 Å². The van der Waals surface area contributed by atoms with E-state index in [1.807, 2.05) is 23.5 Å². The van der Waals surface area contributed by atoms with Crippen LogP contribution in [0, 0.1) is 0 Å². The number of hydrogen-bond donors (Lipinski definition) is 0. The van der Waals surface area contributed by atoms with Gasteiger partial charge in [0.1, 0.15) is 0 Å². The summed E-state index contributed by atoms with van der Waals surface area (Å²) in [5, 5.41) is 0. The summed E-state index contributed by atoms with van der Waals surface area (Å²) in [4.78, 5) is 5.14. The lowest BCUT2D eigenvalue weighted by atomic mass is 10.0. The SMILES string of the molecule is CC(C)c1ccc(Sc2ccc(Sc3ccc(C(C)C)cc3)cc2)cc1. The van der Waals surface area contributed by atoms with E-state index in [1.165, 1.54) is 30.7 Å². The molecule has 3 aromatic rings. The molecule has 2 heteroatoms. The maximum Gasteiger partial charge on any atom is 0.0123 e. The van der Waals surface area contributed by atoms with Gasteiger partial charge in [-0.3, -0.25) is 0 Å². The fourth-order valence-electron chi connectivity index (χ4n) is 2.69. The molecule has 0 unspecified atom stereocenters. The Hall–Kier alpha value is -1.64. The summed E-state index contributed by atoms with van der Waals surface area (Å²) in [6.45, 7) is 8.92. The van der Waals surface area contributed by atoms with Crippen molar-refractivity contribution in [3.63, 3.8) is 0 Å². The predicted molar refractivity (Wildman–Crippen MR) is 116 cm³/mol. The molecule has 3 rings (SSSR count). The van der Waals surface area contributed by atoms with Crippen molar-refractivity contribution < 1.29 is 0 Å². The summed E-state index contributed by atoms with van der Waals surface area (Å²) < 4.78 is 0. The predicted octanol–water partition coefficient (Wildman–Crippen LogP) is 8.24. The van der Waals surface area contributed by atoms with Gasteiger partial charge in [0.05, 0.1) is 0 Å².